The first kappa shape index (κ1) is 27.3. The van der Waals surface area contributed by atoms with Crippen LogP contribution in [0.3, 0.4) is 0 Å². The van der Waals surface area contributed by atoms with Gasteiger partial charge in [0.2, 0.25) is 0 Å². The van der Waals surface area contributed by atoms with E-state index >= 15 is 0 Å². The Morgan fingerprint density at radius 1 is 0.593 bits per heavy atom. The van der Waals surface area contributed by atoms with Crippen LogP contribution >= 0.6 is 0 Å². The van der Waals surface area contributed by atoms with Crippen LogP contribution in [0.25, 0.3) is 11.6 Å². The molecule has 0 N–H and O–H groups in total. The molecule has 2 heteroatoms. The van der Waals surface area contributed by atoms with Crippen LogP contribution in [0.15, 0.2) is 54.6 Å². The molecule has 1 aliphatic rings. The van der Waals surface area contributed by atoms with Crippen molar-refractivity contribution in [3.05, 3.63) is 71.3 Å². The number of benzene rings is 2. The molecule has 0 unspecified atom stereocenters. The molecule has 0 aromatic heterocycles. The van der Waals surface area contributed by atoms with Crippen LogP contribution in [0.4, 0.5) is 0 Å². The molecule has 0 radical (unpaired) electrons. The normalized spacial score (nSPS) is 10.6. The number of allylic oxidation sites excluding steroid dienone is 1. The highest BCUT2D eigenvalue weighted by atomic mass is 15.0. The number of nitrogens with zero attached hydrogens (tertiary/aromatic N) is 2. The van der Waals surface area contributed by atoms with E-state index in [1.165, 1.54) is 22.3 Å². The van der Waals surface area contributed by atoms with Crippen molar-refractivity contribution in [2.45, 2.75) is 34.1 Å². The summed E-state index contributed by atoms with van der Waals surface area (Å²) in [7, 11) is 12.0. The maximum atomic E-state index is 2.30. The molecule has 0 heterocycles. The maximum Gasteiger partial charge on any atom is -0.00137 e. The third kappa shape index (κ3) is 13.9. The van der Waals surface area contributed by atoms with Crippen LogP contribution in [0.2, 0.25) is 0 Å². The summed E-state index contributed by atoms with van der Waals surface area (Å²) in [6, 6.07) is 19.2. The van der Waals surface area contributed by atoms with Gasteiger partial charge in [-0.2, -0.15) is 0 Å². The molecule has 0 saturated carbocycles. The SMILES string of the molecule is C1=C(c2ccccc2)Cc2ccccc21.CC.CC.CN(C)C.CN(C)C. The Kier molecular flexibility index (Phi) is 17.7. The molecule has 152 valence electrons. The second-order valence-corrected chi connectivity index (χ2v) is 6.59. The molecule has 0 spiro atoms. The van der Waals surface area contributed by atoms with Crippen molar-refractivity contribution in [3.8, 4) is 0 Å². The van der Waals surface area contributed by atoms with Crippen molar-refractivity contribution in [2.24, 2.45) is 0 Å². The minimum Gasteiger partial charge on any atom is -0.312 e. The van der Waals surface area contributed by atoms with E-state index in [4.69, 9.17) is 0 Å². The first-order chi connectivity index (χ1) is 12.9. The van der Waals surface area contributed by atoms with Gasteiger partial charge in [0.15, 0.2) is 0 Å². The van der Waals surface area contributed by atoms with Gasteiger partial charge >= 0.3 is 0 Å². The first-order valence-corrected chi connectivity index (χ1v) is 9.96. The molecule has 0 atom stereocenters. The van der Waals surface area contributed by atoms with Crippen molar-refractivity contribution in [1.82, 2.24) is 9.80 Å². The summed E-state index contributed by atoms with van der Waals surface area (Å²) in [5.41, 5.74) is 5.58. The summed E-state index contributed by atoms with van der Waals surface area (Å²) >= 11 is 0. The fourth-order valence-electron chi connectivity index (χ4n) is 2.12. The van der Waals surface area contributed by atoms with Crippen molar-refractivity contribution in [1.29, 1.82) is 0 Å². The summed E-state index contributed by atoms with van der Waals surface area (Å²) in [6.45, 7) is 8.00. The van der Waals surface area contributed by atoms with Crippen molar-refractivity contribution in [3.63, 3.8) is 0 Å². The largest absolute Gasteiger partial charge is 0.312 e. The summed E-state index contributed by atoms with van der Waals surface area (Å²) < 4.78 is 0. The van der Waals surface area contributed by atoms with Gasteiger partial charge in [-0.1, -0.05) is 88.4 Å². The molecular weight excluding hydrogens is 328 g/mol. The number of hydrogen-bond acceptors (Lipinski definition) is 2. The molecule has 2 aromatic rings. The zero-order valence-corrected chi connectivity index (χ0v) is 19.4. The molecule has 3 rings (SSSR count). The van der Waals surface area contributed by atoms with E-state index in [1.807, 2.05) is 79.8 Å². The van der Waals surface area contributed by atoms with Crippen LogP contribution in [-0.4, -0.2) is 52.1 Å². The predicted octanol–water partition coefficient (Wildman–Crippen LogP) is 6.19. The number of rotatable bonds is 1. The molecule has 0 amide bonds. The summed E-state index contributed by atoms with van der Waals surface area (Å²) in [4.78, 5) is 4.00. The van der Waals surface area contributed by atoms with E-state index < -0.39 is 0 Å². The Labute approximate surface area is 169 Å². The topological polar surface area (TPSA) is 6.48 Å². The van der Waals surface area contributed by atoms with Crippen molar-refractivity contribution >= 4 is 11.6 Å². The van der Waals surface area contributed by atoms with Gasteiger partial charge in [0.05, 0.1) is 0 Å². The Bertz CT molecular complexity index is 587. The first-order valence-electron chi connectivity index (χ1n) is 9.96. The van der Waals surface area contributed by atoms with Gasteiger partial charge in [-0.25, -0.2) is 0 Å². The highest BCUT2D eigenvalue weighted by molar-refractivity contribution is 5.88. The number of fused-ring (bicyclic) bond motifs is 1. The standard InChI is InChI=1S/C15H12.2C3H9N.2C2H6/c1-2-6-12(7-3-1)15-10-13-8-4-5-9-14(13)11-15;2*1-4(2)3;2*1-2/h1-10H,11H2;2*1-3H3;2*1-2H3. The van der Waals surface area contributed by atoms with E-state index in [9.17, 15) is 0 Å². The minimum atomic E-state index is 1.07. The minimum absolute atomic E-state index is 1.07. The lowest BCUT2D eigenvalue weighted by Gasteiger charge is -2.00. The summed E-state index contributed by atoms with van der Waals surface area (Å²) in [5, 5.41) is 0. The lowest BCUT2D eigenvalue weighted by atomic mass is 10.0. The molecule has 2 aromatic carbocycles. The van der Waals surface area contributed by atoms with Gasteiger partial charge in [-0.05, 0) is 71.0 Å². The predicted molar refractivity (Wildman–Crippen MR) is 126 cm³/mol. The Morgan fingerprint density at radius 3 is 1.44 bits per heavy atom. The second-order valence-electron chi connectivity index (χ2n) is 6.59. The van der Waals surface area contributed by atoms with Gasteiger partial charge in [0, 0.05) is 0 Å². The molecule has 27 heavy (non-hydrogen) atoms. The van der Waals surface area contributed by atoms with Gasteiger partial charge in [0.25, 0.3) is 0 Å². The van der Waals surface area contributed by atoms with Crippen LogP contribution in [0, 0.1) is 0 Å². The van der Waals surface area contributed by atoms with Gasteiger partial charge < -0.3 is 9.80 Å². The summed E-state index contributed by atoms with van der Waals surface area (Å²) in [6.07, 6.45) is 3.37. The fourth-order valence-corrected chi connectivity index (χ4v) is 2.12. The average molecular weight is 371 g/mol. The molecule has 2 nitrogen and oxygen atoms in total. The van der Waals surface area contributed by atoms with E-state index in [0.29, 0.717) is 0 Å². The molecule has 0 aliphatic heterocycles. The third-order valence-electron chi connectivity index (χ3n) is 2.91. The monoisotopic (exact) mass is 370 g/mol. The van der Waals surface area contributed by atoms with Crippen LogP contribution in [0.1, 0.15) is 44.4 Å². The smallest absolute Gasteiger partial charge is 0.00137 e. The lowest BCUT2D eigenvalue weighted by molar-refractivity contribution is 0.505. The van der Waals surface area contributed by atoms with E-state index in [2.05, 4.69) is 60.7 Å². The highest BCUT2D eigenvalue weighted by Gasteiger charge is 2.12. The number of hydrogen-bond donors (Lipinski definition) is 0. The third-order valence-corrected chi connectivity index (χ3v) is 2.91. The molecule has 1 aliphatic carbocycles. The van der Waals surface area contributed by atoms with Crippen molar-refractivity contribution in [2.75, 3.05) is 42.3 Å². The van der Waals surface area contributed by atoms with Gasteiger partial charge in [-0.15, -0.1) is 0 Å². The summed E-state index contributed by atoms with van der Waals surface area (Å²) in [5.74, 6) is 0. The zero-order chi connectivity index (χ0) is 21.2. The molecular formula is C25H42N2. The lowest BCUT2D eigenvalue weighted by Crippen LogP contribution is -1.99. The van der Waals surface area contributed by atoms with Crippen LogP contribution < -0.4 is 0 Å². The molecule has 0 fully saturated rings. The quantitative estimate of drug-likeness (QED) is 0.590. The highest BCUT2D eigenvalue weighted by Crippen LogP contribution is 2.30. The van der Waals surface area contributed by atoms with Crippen LogP contribution in [0.5, 0.6) is 0 Å². The van der Waals surface area contributed by atoms with Gasteiger partial charge in [0.1, 0.15) is 0 Å². The van der Waals surface area contributed by atoms with E-state index in [1.54, 1.807) is 0 Å². The van der Waals surface area contributed by atoms with Crippen molar-refractivity contribution < 1.29 is 0 Å². The average Bonchev–Trinajstić information content (AvgIpc) is 3.09. The second kappa shape index (κ2) is 17.5. The van der Waals surface area contributed by atoms with E-state index in [-0.39, 0.29) is 0 Å². The van der Waals surface area contributed by atoms with E-state index in [0.717, 1.165) is 6.42 Å². The Balaban J connectivity index is 0. The maximum absolute atomic E-state index is 2.30. The molecule has 0 saturated heterocycles. The fraction of sp³-hybridized carbons (Fsp3) is 0.440. The zero-order valence-electron chi connectivity index (χ0n) is 19.4. The Hall–Kier alpha value is -1.90. The molecule has 0 bridgehead atoms. The van der Waals surface area contributed by atoms with Gasteiger partial charge in [-0.3, -0.25) is 0 Å². The van der Waals surface area contributed by atoms with Crippen LogP contribution in [-0.2, 0) is 6.42 Å². The Morgan fingerprint density at radius 2 is 1.00 bits per heavy atom.